The number of ketones is 1. The SMILES string of the molecule is CNC(=O)c1ccc(NC(=O)c2ccccc2C(=O)c2ccccc2)cc1. The van der Waals surface area contributed by atoms with Gasteiger partial charge in [0.25, 0.3) is 11.8 Å². The largest absolute Gasteiger partial charge is 0.355 e. The van der Waals surface area contributed by atoms with E-state index >= 15 is 0 Å². The van der Waals surface area contributed by atoms with Crippen molar-refractivity contribution in [1.29, 1.82) is 0 Å². The molecule has 0 saturated heterocycles. The second kappa shape index (κ2) is 8.10. The molecule has 0 atom stereocenters. The lowest BCUT2D eigenvalue weighted by atomic mass is 9.98. The van der Waals surface area contributed by atoms with Gasteiger partial charge in [-0.05, 0) is 30.3 Å². The third-order valence-electron chi connectivity index (χ3n) is 4.08. The second-order valence-electron chi connectivity index (χ2n) is 5.85. The van der Waals surface area contributed by atoms with Crippen molar-refractivity contribution in [2.24, 2.45) is 0 Å². The highest BCUT2D eigenvalue weighted by atomic mass is 16.2. The van der Waals surface area contributed by atoms with Gasteiger partial charge >= 0.3 is 0 Å². The Bertz CT molecular complexity index is 980. The summed E-state index contributed by atoms with van der Waals surface area (Å²) in [7, 11) is 1.55. The first-order valence-electron chi connectivity index (χ1n) is 8.42. The highest BCUT2D eigenvalue weighted by molar-refractivity contribution is 6.17. The molecule has 0 aliphatic rings. The summed E-state index contributed by atoms with van der Waals surface area (Å²) in [6, 6.07) is 22.0. The molecule has 0 radical (unpaired) electrons. The van der Waals surface area contributed by atoms with Crippen LogP contribution in [-0.2, 0) is 0 Å². The van der Waals surface area contributed by atoms with Gasteiger partial charge in [0.1, 0.15) is 0 Å². The molecule has 0 aliphatic heterocycles. The monoisotopic (exact) mass is 358 g/mol. The van der Waals surface area contributed by atoms with Crippen LogP contribution < -0.4 is 10.6 Å². The molecule has 134 valence electrons. The zero-order chi connectivity index (χ0) is 19.2. The van der Waals surface area contributed by atoms with E-state index in [1.807, 2.05) is 6.07 Å². The molecule has 3 rings (SSSR count). The van der Waals surface area contributed by atoms with Gasteiger partial charge in [0, 0.05) is 29.4 Å². The van der Waals surface area contributed by atoms with E-state index in [1.165, 1.54) is 0 Å². The molecule has 2 amide bonds. The van der Waals surface area contributed by atoms with E-state index in [0.29, 0.717) is 27.9 Å². The number of hydrogen-bond donors (Lipinski definition) is 2. The van der Waals surface area contributed by atoms with Crippen LogP contribution in [0.3, 0.4) is 0 Å². The Hall–Kier alpha value is -3.73. The molecule has 0 unspecified atom stereocenters. The van der Waals surface area contributed by atoms with Crippen molar-refractivity contribution in [2.75, 3.05) is 12.4 Å². The van der Waals surface area contributed by atoms with E-state index < -0.39 is 0 Å². The van der Waals surface area contributed by atoms with E-state index in [1.54, 1.807) is 79.8 Å². The summed E-state index contributed by atoms with van der Waals surface area (Å²) in [5.74, 6) is -0.800. The summed E-state index contributed by atoms with van der Waals surface area (Å²) in [6.07, 6.45) is 0. The molecular weight excluding hydrogens is 340 g/mol. The summed E-state index contributed by atoms with van der Waals surface area (Å²) in [6.45, 7) is 0. The third kappa shape index (κ3) is 4.10. The van der Waals surface area contributed by atoms with Crippen LogP contribution >= 0.6 is 0 Å². The highest BCUT2D eigenvalue weighted by Crippen LogP contribution is 2.17. The van der Waals surface area contributed by atoms with Gasteiger partial charge in [0.2, 0.25) is 0 Å². The molecule has 0 aliphatic carbocycles. The average Bonchev–Trinajstić information content (AvgIpc) is 2.73. The molecular formula is C22H18N2O3. The van der Waals surface area contributed by atoms with E-state index in [9.17, 15) is 14.4 Å². The van der Waals surface area contributed by atoms with Gasteiger partial charge in [-0.1, -0.05) is 48.5 Å². The van der Waals surface area contributed by atoms with Crippen LogP contribution in [0.2, 0.25) is 0 Å². The van der Waals surface area contributed by atoms with Crippen LogP contribution in [0.15, 0.2) is 78.9 Å². The number of hydrogen-bond acceptors (Lipinski definition) is 3. The van der Waals surface area contributed by atoms with Crippen LogP contribution in [0.25, 0.3) is 0 Å². The Morgan fingerprint density at radius 2 is 1.22 bits per heavy atom. The molecule has 3 aromatic rings. The quantitative estimate of drug-likeness (QED) is 0.685. The van der Waals surface area contributed by atoms with Gasteiger partial charge in [0.15, 0.2) is 5.78 Å². The van der Waals surface area contributed by atoms with Crippen LogP contribution in [0, 0.1) is 0 Å². The number of rotatable bonds is 5. The second-order valence-corrected chi connectivity index (χ2v) is 5.85. The van der Waals surface area contributed by atoms with Crippen molar-refractivity contribution in [3.63, 3.8) is 0 Å². The number of benzene rings is 3. The smallest absolute Gasteiger partial charge is 0.256 e. The summed E-state index contributed by atoms with van der Waals surface area (Å²) >= 11 is 0. The number of anilines is 1. The summed E-state index contributed by atoms with van der Waals surface area (Å²) in [5, 5.41) is 5.31. The van der Waals surface area contributed by atoms with Crippen LogP contribution in [0.4, 0.5) is 5.69 Å². The molecule has 0 aromatic heterocycles. The fraction of sp³-hybridized carbons (Fsp3) is 0.0455. The van der Waals surface area contributed by atoms with E-state index in [4.69, 9.17) is 0 Å². The van der Waals surface area contributed by atoms with E-state index in [0.717, 1.165) is 0 Å². The first-order chi connectivity index (χ1) is 13.1. The summed E-state index contributed by atoms with van der Waals surface area (Å²) in [4.78, 5) is 37.0. The molecule has 27 heavy (non-hydrogen) atoms. The van der Waals surface area contributed by atoms with Gasteiger partial charge in [-0.25, -0.2) is 0 Å². The predicted octanol–water partition coefficient (Wildman–Crippen LogP) is 3.53. The highest BCUT2D eigenvalue weighted by Gasteiger charge is 2.18. The lowest BCUT2D eigenvalue weighted by Gasteiger charge is -2.10. The fourth-order valence-corrected chi connectivity index (χ4v) is 2.67. The maximum atomic E-state index is 12.8. The zero-order valence-electron chi connectivity index (χ0n) is 14.7. The Balaban J connectivity index is 1.83. The Labute approximate surface area is 157 Å². The number of carbonyl (C=O) groups is 3. The number of amides is 2. The van der Waals surface area contributed by atoms with Gasteiger partial charge in [-0.2, -0.15) is 0 Å². The Kier molecular flexibility index (Phi) is 5.42. The lowest BCUT2D eigenvalue weighted by molar-refractivity contribution is 0.0962. The lowest BCUT2D eigenvalue weighted by Crippen LogP contribution is -2.18. The van der Waals surface area contributed by atoms with Crippen LogP contribution in [0.5, 0.6) is 0 Å². The van der Waals surface area contributed by atoms with Gasteiger partial charge < -0.3 is 10.6 Å². The third-order valence-corrected chi connectivity index (χ3v) is 4.08. The van der Waals surface area contributed by atoms with Crippen molar-refractivity contribution < 1.29 is 14.4 Å². The molecule has 0 bridgehead atoms. The summed E-state index contributed by atoms with van der Waals surface area (Å²) < 4.78 is 0. The first kappa shape index (κ1) is 18.1. The molecule has 0 fully saturated rings. The van der Waals surface area contributed by atoms with Gasteiger partial charge in [0.05, 0.1) is 5.56 Å². The molecule has 5 heteroatoms. The normalized spacial score (nSPS) is 10.1. The van der Waals surface area contributed by atoms with Crippen molar-refractivity contribution >= 4 is 23.3 Å². The maximum Gasteiger partial charge on any atom is 0.256 e. The molecule has 5 nitrogen and oxygen atoms in total. The van der Waals surface area contributed by atoms with E-state index in [2.05, 4.69) is 10.6 Å². The fourth-order valence-electron chi connectivity index (χ4n) is 2.67. The topological polar surface area (TPSA) is 75.3 Å². The van der Waals surface area contributed by atoms with Crippen LogP contribution in [-0.4, -0.2) is 24.6 Å². The Morgan fingerprint density at radius 1 is 0.630 bits per heavy atom. The summed E-state index contributed by atoms with van der Waals surface area (Å²) in [5.41, 5.74) is 2.18. The van der Waals surface area contributed by atoms with Gasteiger partial charge in [-0.3, -0.25) is 14.4 Å². The van der Waals surface area contributed by atoms with Crippen molar-refractivity contribution in [3.05, 3.63) is 101 Å². The Morgan fingerprint density at radius 3 is 1.85 bits per heavy atom. The molecule has 0 spiro atoms. The molecule has 3 aromatic carbocycles. The first-order valence-corrected chi connectivity index (χ1v) is 8.42. The number of carbonyl (C=O) groups excluding carboxylic acids is 3. The predicted molar refractivity (Wildman–Crippen MR) is 104 cm³/mol. The maximum absolute atomic E-state index is 12.8. The van der Waals surface area contributed by atoms with Crippen molar-refractivity contribution in [3.8, 4) is 0 Å². The minimum atomic E-state index is -0.387. The molecule has 0 saturated carbocycles. The average molecular weight is 358 g/mol. The zero-order valence-corrected chi connectivity index (χ0v) is 14.7. The minimum Gasteiger partial charge on any atom is -0.355 e. The van der Waals surface area contributed by atoms with Crippen LogP contribution in [0.1, 0.15) is 36.6 Å². The molecule has 2 N–H and O–H groups in total. The number of nitrogens with one attached hydrogen (secondary N) is 2. The van der Waals surface area contributed by atoms with Gasteiger partial charge in [-0.15, -0.1) is 0 Å². The minimum absolute atomic E-state index is 0.202. The standard InChI is InChI=1S/C22H18N2O3/c1-23-21(26)16-11-13-17(14-12-16)24-22(27)19-10-6-5-9-18(19)20(25)15-7-3-2-4-8-15/h2-14H,1H3,(H,23,26)(H,24,27). The van der Waals surface area contributed by atoms with Crippen molar-refractivity contribution in [2.45, 2.75) is 0 Å². The van der Waals surface area contributed by atoms with E-state index in [-0.39, 0.29) is 17.6 Å². The van der Waals surface area contributed by atoms with Crippen molar-refractivity contribution in [1.82, 2.24) is 5.32 Å². The molecule has 0 heterocycles.